The van der Waals surface area contributed by atoms with E-state index in [1.54, 1.807) is 32.8 Å². The Kier molecular flexibility index (Phi) is 6.10. The second kappa shape index (κ2) is 9.86. The molecule has 1 aromatic heterocycles. The number of carbonyl (C=O) groups is 2. The van der Waals surface area contributed by atoms with Crippen molar-refractivity contribution in [2.24, 2.45) is 0 Å². The molecule has 3 aromatic carbocycles. The number of anilines is 2. The molecule has 8 heteroatoms. The van der Waals surface area contributed by atoms with Crippen LogP contribution in [0.5, 0.6) is 0 Å². The summed E-state index contributed by atoms with van der Waals surface area (Å²) in [6, 6.07) is 27.4. The van der Waals surface area contributed by atoms with Gasteiger partial charge in [0, 0.05) is 47.0 Å². The molecule has 4 aromatic rings. The van der Waals surface area contributed by atoms with Gasteiger partial charge < -0.3 is 9.47 Å². The van der Waals surface area contributed by atoms with Crippen LogP contribution in [0.25, 0.3) is 5.82 Å². The van der Waals surface area contributed by atoms with Crippen LogP contribution < -0.4 is 9.80 Å². The number of benzene rings is 3. The van der Waals surface area contributed by atoms with Crippen molar-refractivity contribution in [1.82, 2.24) is 4.57 Å². The van der Waals surface area contributed by atoms with Gasteiger partial charge >= 0.3 is 0 Å². The Balaban J connectivity index is 1.58. The van der Waals surface area contributed by atoms with Crippen LogP contribution in [0.2, 0.25) is 5.02 Å². The molecule has 42 heavy (non-hydrogen) atoms. The van der Waals surface area contributed by atoms with Crippen LogP contribution in [0, 0.1) is 17.1 Å². The van der Waals surface area contributed by atoms with Gasteiger partial charge in [0.25, 0.3) is 0 Å². The number of fused-ring (bicyclic) bond motifs is 3. The van der Waals surface area contributed by atoms with Gasteiger partial charge in [0.2, 0.25) is 5.91 Å². The van der Waals surface area contributed by atoms with Crippen molar-refractivity contribution in [3.8, 4) is 6.07 Å². The van der Waals surface area contributed by atoms with E-state index >= 15 is 4.79 Å². The van der Waals surface area contributed by atoms with Gasteiger partial charge in [-0.1, -0.05) is 60.1 Å². The molecule has 206 valence electrons. The molecule has 1 aliphatic carbocycles. The zero-order valence-electron chi connectivity index (χ0n) is 22.4. The van der Waals surface area contributed by atoms with Gasteiger partial charge in [0.1, 0.15) is 23.1 Å². The Hall–Kier alpha value is -4.93. The molecule has 1 unspecified atom stereocenters. The molecule has 0 N–H and O–H groups in total. The fraction of sp³-hybridized carbons (Fsp3) is 0.147. The molecular formula is C34H24ClFN4O2. The van der Waals surface area contributed by atoms with Crippen molar-refractivity contribution < 1.29 is 14.0 Å². The van der Waals surface area contributed by atoms with Crippen molar-refractivity contribution in [2.45, 2.75) is 31.2 Å². The van der Waals surface area contributed by atoms with Crippen LogP contribution in [-0.4, -0.2) is 16.3 Å². The lowest BCUT2D eigenvalue weighted by Gasteiger charge is -2.45. The quantitative estimate of drug-likeness (QED) is 0.263. The predicted octanol–water partition coefficient (Wildman–Crippen LogP) is 6.98. The number of carbonyl (C=O) groups excluding carboxylic acids is 2. The highest BCUT2D eigenvalue weighted by Crippen LogP contribution is 2.58. The highest BCUT2D eigenvalue weighted by atomic mass is 35.5. The van der Waals surface area contributed by atoms with E-state index in [0.717, 1.165) is 5.56 Å². The number of nitriles is 1. The summed E-state index contributed by atoms with van der Waals surface area (Å²) in [7, 11) is 0. The Labute approximate surface area is 247 Å². The van der Waals surface area contributed by atoms with Gasteiger partial charge in [-0.3, -0.25) is 14.5 Å². The van der Waals surface area contributed by atoms with Gasteiger partial charge in [0.15, 0.2) is 5.78 Å². The van der Waals surface area contributed by atoms with Crippen molar-refractivity contribution in [1.29, 1.82) is 5.26 Å². The third kappa shape index (κ3) is 3.62. The maximum Gasteiger partial charge on any atom is 0.248 e. The lowest BCUT2D eigenvalue weighted by atomic mass is 9.63. The van der Waals surface area contributed by atoms with Gasteiger partial charge in [-0.05, 0) is 54.8 Å². The number of Topliss-reactive ketones (excluding diaryl/α,β-unsaturated/α-hetero) is 1. The molecule has 1 atom stereocenters. The number of hydrogen-bond donors (Lipinski definition) is 0. The van der Waals surface area contributed by atoms with E-state index in [4.69, 9.17) is 11.6 Å². The van der Waals surface area contributed by atoms with E-state index in [1.807, 2.05) is 66.7 Å². The second-order valence-corrected chi connectivity index (χ2v) is 11.0. The monoisotopic (exact) mass is 574 g/mol. The maximum atomic E-state index is 15.0. The lowest BCUT2D eigenvalue weighted by Crippen LogP contribution is -2.51. The molecule has 0 fully saturated rings. The lowest BCUT2D eigenvalue weighted by molar-refractivity contribution is -0.124. The first-order valence-corrected chi connectivity index (χ1v) is 14.1. The minimum Gasteiger partial charge on any atom is -0.309 e. The van der Waals surface area contributed by atoms with E-state index in [-0.39, 0.29) is 35.3 Å². The van der Waals surface area contributed by atoms with Crippen LogP contribution in [0.4, 0.5) is 15.8 Å². The van der Waals surface area contributed by atoms with Crippen molar-refractivity contribution in [3.05, 3.63) is 136 Å². The van der Waals surface area contributed by atoms with E-state index in [1.165, 1.54) is 12.1 Å². The number of rotatable bonds is 4. The number of nitrogens with zero attached hydrogens (tertiary/aromatic N) is 4. The third-order valence-corrected chi connectivity index (χ3v) is 8.60. The fourth-order valence-corrected chi connectivity index (χ4v) is 6.80. The number of allylic oxidation sites excluding steroid dienone is 1. The van der Waals surface area contributed by atoms with E-state index in [9.17, 15) is 14.4 Å². The Morgan fingerprint density at radius 3 is 2.40 bits per heavy atom. The summed E-state index contributed by atoms with van der Waals surface area (Å²) in [5, 5.41) is 10.9. The molecule has 3 heterocycles. The average molecular weight is 575 g/mol. The highest BCUT2D eigenvalue weighted by molar-refractivity contribution is 6.31. The van der Waals surface area contributed by atoms with Gasteiger partial charge in [0.05, 0.1) is 17.1 Å². The Morgan fingerprint density at radius 1 is 0.929 bits per heavy atom. The smallest absolute Gasteiger partial charge is 0.248 e. The zero-order chi connectivity index (χ0) is 29.0. The van der Waals surface area contributed by atoms with Crippen LogP contribution in [0.1, 0.15) is 30.4 Å². The van der Waals surface area contributed by atoms with Crippen molar-refractivity contribution in [2.75, 3.05) is 9.80 Å². The molecule has 0 saturated carbocycles. The number of amides is 1. The van der Waals surface area contributed by atoms with Crippen LogP contribution in [0.3, 0.4) is 0 Å². The maximum absolute atomic E-state index is 15.0. The van der Waals surface area contributed by atoms with Gasteiger partial charge in [-0.25, -0.2) is 4.39 Å². The number of ketones is 1. The molecule has 3 aliphatic rings. The SMILES string of the molecule is N#CC1=C(n2cccc2)N(c2ccc(F)c(Cl)c2)C2=C(C(=O)CCC2)C12C(=O)N(Cc1ccccc1)c1ccccc12. The fourth-order valence-electron chi connectivity index (χ4n) is 6.62. The van der Waals surface area contributed by atoms with Crippen molar-refractivity contribution in [3.63, 3.8) is 0 Å². The molecule has 0 radical (unpaired) electrons. The summed E-state index contributed by atoms with van der Waals surface area (Å²) in [5.74, 6) is -0.693. The minimum absolute atomic E-state index is 0.0845. The number of para-hydroxylation sites is 1. The summed E-state index contributed by atoms with van der Waals surface area (Å²) in [6.07, 6.45) is 4.90. The number of halogens is 2. The summed E-state index contributed by atoms with van der Waals surface area (Å²) in [4.78, 5) is 32.6. The first-order chi connectivity index (χ1) is 20.5. The van der Waals surface area contributed by atoms with E-state index in [2.05, 4.69) is 6.07 Å². The van der Waals surface area contributed by atoms with E-state index in [0.29, 0.717) is 46.9 Å². The largest absolute Gasteiger partial charge is 0.309 e. The Morgan fingerprint density at radius 2 is 1.67 bits per heavy atom. The van der Waals surface area contributed by atoms with E-state index < -0.39 is 11.2 Å². The highest BCUT2D eigenvalue weighted by Gasteiger charge is 2.62. The minimum atomic E-state index is -1.65. The van der Waals surface area contributed by atoms with Crippen LogP contribution in [-0.2, 0) is 21.5 Å². The second-order valence-electron chi connectivity index (χ2n) is 10.6. The average Bonchev–Trinajstić information content (AvgIpc) is 3.62. The van der Waals surface area contributed by atoms with Crippen LogP contribution >= 0.6 is 11.6 Å². The van der Waals surface area contributed by atoms with Crippen molar-refractivity contribution >= 4 is 40.5 Å². The summed E-state index contributed by atoms with van der Waals surface area (Å²) in [6.45, 7) is 0.282. The Bertz CT molecular complexity index is 1870. The van der Waals surface area contributed by atoms with Gasteiger partial charge in [-0.15, -0.1) is 0 Å². The molecule has 1 amide bonds. The standard InChI is InChI=1S/C34H24ClFN4O2/c35-26-19-23(15-16-27(26)36)40-29-13-8-14-30(41)31(29)34(25(20-37)32(40)38-17-6-7-18-38)24-11-4-5-12-28(24)39(33(34)42)21-22-9-2-1-3-10-22/h1-7,9-12,15-19H,8,13-14,21H2. The first kappa shape index (κ1) is 26.0. The summed E-state index contributed by atoms with van der Waals surface area (Å²) < 4.78 is 16.1. The molecule has 1 spiro atoms. The summed E-state index contributed by atoms with van der Waals surface area (Å²) in [5.41, 5.74) is 2.08. The first-order valence-electron chi connectivity index (χ1n) is 13.7. The molecular weight excluding hydrogens is 551 g/mol. The zero-order valence-corrected chi connectivity index (χ0v) is 23.2. The molecule has 2 aliphatic heterocycles. The topological polar surface area (TPSA) is 69.3 Å². The number of aromatic nitrogens is 1. The normalized spacial score (nSPS) is 19.8. The molecule has 0 saturated heterocycles. The van der Waals surface area contributed by atoms with Crippen LogP contribution in [0.15, 0.2) is 114 Å². The number of hydrogen-bond acceptors (Lipinski definition) is 4. The summed E-state index contributed by atoms with van der Waals surface area (Å²) >= 11 is 6.25. The molecule has 0 bridgehead atoms. The molecule has 7 rings (SSSR count). The predicted molar refractivity (Wildman–Crippen MR) is 159 cm³/mol. The van der Waals surface area contributed by atoms with Gasteiger partial charge in [-0.2, -0.15) is 5.26 Å². The third-order valence-electron chi connectivity index (χ3n) is 8.31. The molecule has 6 nitrogen and oxygen atoms in total.